The number of nitrogens with zero attached hydrogens (tertiary/aromatic N) is 1. The zero-order chi connectivity index (χ0) is 12.0. The predicted octanol–water partition coefficient (Wildman–Crippen LogP) is 1.58. The lowest BCUT2D eigenvalue weighted by atomic mass is 10.2. The fourth-order valence-electron chi connectivity index (χ4n) is 1.30. The van der Waals surface area contributed by atoms with Crippen LogP contribution in [0, 0.1) is 3.57 Å². The molecule has 0 radical (unpaired) electrons. The molecule has 0 bridgehead atoms. The Hall–Kier alpha value is -0.690. The molecule has 1 aromatic rings. The third-order valence-electron chi connectivity index (χ3n) is 2.14. The Balaban J connectivity index is 2.50. The molecule has 0 aliphatic heterocycles. The number of pyridine rings is 1. The van der Waals surface area contributed by atoms with Crippen molar-refractivity contribution >= 4 is 28.5 Å². The van der Waals surface area contributed by atoms with E-state index in [-0.39, 0.29) is 5.91 Å². The van der Waals surface area contributed by atoms with Crippen molar-refractivity contribution in [3.05, 3.63) is 27.6 Å². The molecule has 2 N–H and O–H groups in total. The molecule has 1 amide bonds. The highest BCUT2D eigenvalue weighted by atomic mass is 127. The molecule has 1 atom stereocenters. The number of aliphatic hydroxyl groups excluding tert-OH is 1. The Labute approximate surface area is 109 Å². The van der Waals surface area contributed by atoms with Crippen LogP contribution < -0.4 is 5.32 Å². The van der Waals surface area contributed by atoms with Crippen LogP contribution in [0.4, 0.5) is 0 Å². The van der Waals surface area contributed by atoms with Crippen LogP contribution in [0.15, 0.2) is 18.5 Å². The van der Waals surface area contributed by atoms with Crippen molar-refractivity contribution in [3.8, 4) is 0 Å². The standard InChI is InChI=1S/C11H15IN2O2/c1-2-3-8(15)6-14-11(16)9-4-5-13-7-10(9)12/h4-5,7-8,15H,2-3,6H2,1H3,(H,14,16). The number of nitrogens with one attached hydrogen (secondary N) is 1. The highest BCUT2D eigenvalue weighted by Crippen LogP contribution is 2.09. The third kappa shape index (κ3) is 4.05. The number of aliphatic hydroxyl groups is 1. The highest BCUT2D eigenvalue weighted by Gasteiger charge is 2.10. The van der Waals surface area contributed by atoms with Crippen LogP contribution in [0.3, 0.4) is 0 Å². The van der Waals surface area contributed by atoms with Crippen molar-refractivity contribution in [2.45, 2.75) is 25.9 Å². The quantitative estimate of drug-likeness (QED) is 0.804. The fourth-order valence-corrected chi connectivity index (χ4v) is 1.89. The fraction of sp³-hybridized carbons (Fsp3) is 0.455. The molecule has 0 saturated carbocycles. The number of halogens is 1. The molecule has 0 aliphatic rings. The maximum Gasteiger partial charge on any atom is 0.252 e. The Morgan fingerprint density at radius 3 is 3.06 bits per heavy atom. The molecule has 1 rings (SSSR count). The first kappa shape index (κ1) is 13.4. The summed E-state index contributed by atoms with van der Waals surface area (Å²) in [5.41, 5.74) is 0.597. The van der Waals surface area contributed by atoms with E-state index in [9.17, 15) is 9.90 Å². The third-order valence-corrected chi connectivity index (χ3v) is 3.00. The van der Waals surface area contributed by atoms with Crippen LogP contribution in [-0.2, 0) is 0 Å². The Kier molecular flexibility index (Phi) is 5.68. The van der Waals surface area contributed by atoms with E-state index < -0.39 is 6.10 Å². The molecule has 0 aliphatic carbocycles. The molecule has 0 saturated heterocycles. The van der Waals surface area contributed by atoms with Gasteiger partial charge in [-0.05, 0) is 35.1 Å². The van der Waals surface area contributed by atoms with Gasteiger partial charge in [-0.1, -0.05) is 13.3 Å². The number of rotatable bonds is 5. The molecule has 16 heavy (non-hydrogen) atoms. The van der Waals surface area contributed by atoms with Gasteiger partial charge in [0.1, 0.15) is 0 Å². The zero-order valence-corrected chi connectivity index (χ0v) is 11.3. The van der Waals surface area contributed by atoms with Crippen molar-refractivity contribution in [3.63, 3.8) is 0 Å². The second-order valence-electron chi connectivity index (χ2n) is 3.51. The largest absolute Gasteiger partial charge is 0.391 e. The minimum Gasteiger partial charge on any atom is -0.391 e. The summed E-state index contributed by atoms with van der Waals surface area (Å²) in [6.07, 6.45) is 4.36. The molecule has 88 valence electrons. The second kappa shape index (κ2) is 6.80. The molecule has 1 aromatic heterocycles. The van der Waals surface area contributed by atoms with Gasteiger partial charge in [-0.3, -0.25) is 9.78 Å². The molecule has 0 aromatic carbocycles. The van der Waals surface area contributed by atoms with Crippen molar-refractivity contribution in [2.24, 2.45) is 0 Å². The van der Waals surface area contributed by atoms with E-state index in [4.69, 9.17) is 0 Å². The van der Waals surface area contributed by atoms with E-state index >= 15 is 0 Å². The first-order chi connectivity index (χ1) is 7.65. The van der Waals surface area contributed by atoms with Crippen LogP contribution in [0.5, 0.6) is 0 Å². The summed E-state index contributed by atoms with van der Waals surface area (Å²) in [5, 5.41) is 12.2. The lowest BCUT2D eigenvalue weighted by molar-refractivity contribution is 0.0909. The van der Waals surface area contributed by atoms with Gasteiger partial charge in [-0.2, -0.15) is 0 Å². The van der Waals surface area contributed by atoms with Gasteiger partial charge in [0.2, 0.25) is 0 Å². The molecule has 0 fully saturated rings. The lowest BCUT2D eigenvalue weighted by Gasteiger charge is -2.11. The van der Waals surface area contributed by atoms with Gasteiger partial charge in [-0.15, -0.1) is 0 Å². The summed E-state index contributed by atoms with van der Waals surface area (Å²) in [5.74, 6) is -0.165. The van der Waals surface area contributed by atoms with E-state index in [0.29, 0.717) is 18.5 Å². The Morgan fingerprint density at radius 2 is 2.44 bits per heavy atom. The summed E-state index contributed by atoms with van der Waals surface area (Å²) in [7, 11) is 0. The molecule has 4 nitrogen and oxygen atoms in total. The number of aromatic nitrogens is 1. The SMILES string of the molecule is CCCC(O)CNC(=O)c1ccncc1I. The summed E-state index contributed by atoms with van der Waals surface area (Å²) in [4.78, 5) is 15.6. The normalized spacial score (nSPS) is 12.2. The van der Waals surface area contributed by atoms with Crippen molar-refractivity contribution in [2.75, 3.05) is 6.54 Å². The minimum absolute atomic E-state index is 0.165. The lowest BCUT2D eigenvalue weighted by Crippen LogP contribution is -2.32. The average molecular weight is 334 g/mol. The van der Waals surface area contributed by atoms with Crippen LogP contribution in [-0.4, -0.2) is 28.6 Å². The molecule has 1 unspecified atom stereocenters. The first-order valence-electron chi connectivity index (χ1n) is 5.21. The van der Waals surface area contributed by atoms with Crippen LogP contribution in [0.2, 0.25) is 0 Å². The zero-order valence-electron chi connectivity index (χ0n) is 9.11. The van der Waals surface area contributed by atoms with E-state index in [1.807, 2.05) is 6.92 Å². The van der Waals surface area contributed by atoms with Gasteiger partial charge < -0.3 is 10.4 Å². The molecular formula is C11H15IN2O2. The smallest absolute Gasteiger partial charge is 0.252 e. The predicted molar refractivity (Wildman–Crippen MR) is 70.2 cm³/mol. The molecular weight excluding hydrogens is 319 g/mol. The number of amides is 1. The van der Waals surface area contributed by atoms with Gasteiger partial charge >= 0.3 is 0 Å². The van der Waals surface area contributed by atoms with Gasteiger partial charge in [0.15, 0.2) is 0 Å². The molecule has 0 spiro atoms. The number of carbonyl (C=O) groups excluding carboxylic acids is 1. The highest BCUT2D eigenvalue weighted by molar-refractivity contribution is 14.1. The van der Waals surface area contributed by atoms with Crippen LogP contribution >= 0.6 is 22.6 Å². The van der Waals surface area contributed by atoms with Gasteiger partial charge in [0.05, 0.1) is 11.7 Å². The monoisotopic (exact) mass is 334 g/mol. The van der Waals surface area contributed by atoms with Crippen molar-refractivity contribution in [1.29, 1.82) is 0 Å². The summed E-state index contributed by atoms with van der Waals surface area (Å²) in [6.45, 7) is 2.29. The topological polar surface area (TPSA) is 62.2 Å². The maximum absolute atomic E-state index is 11.7. The second-order valence-corrected chi connectivity index (χ2v) is 4.67. The first-order valence-corrected chi connectivity index (χ1v) is 6.28. The summed E-state index contributed by atoms with van der Waals surface area (Å²) in [6, 6.07) is 1.67. The summed E-state index contributed by atoms with van der Waals surface area (Å²) < 4.78 is 0.808. The van der Waals surface area contributed by atoms with Crippen LogP contribution in [0.25, 0.3) is 0 Å². The number of hydrogen-bond acceptors (Lipinski definition) is 3. The summed E-state index contributed by atoms with van der Waals surface area (Å²) >= 11 is 2.06. The average Bonchev–Trinajstić information content (AvgIpc) is 2.27. The van der Waals surface area contributed by atoms with E-state index in [0.717, 1.165) is 9.99 Å². The van der Waals surface area contributed by atoms with Gasteiger partial charge in [0, 0.05) is 22.5 Å². The maximum atomic E-state index is 11.7. The Morgan fingerprint density at radius 1 is 1.69 bits per heavy atom. The van der Waals surface area contributed by atoms with E-state index in [1.54, 1.807) is 18.5 Å². The van der Waals surface area contributed by atoms with Gasteiger partial charge in [0.25, 0.3) is 5.91 Å². The molecule has 5 heteroatoms. The Bertz CT molecular complexity index is 358. The van der Waals surface area contributed by atoms with E-state index in [1.165, 1.54) is 0 Å². The van der Waals surface area contributed by atoms with Crippen molar-refractivity contribution in [1.82, 2.24) is 10.3 Å². The van der Waals surface area contributed by atoms with Crippen molar-refractivity contribution < 1.29 is 9.90 Å². The van der Waals surface area contributed by atoms with Crippen LogP contribution in [0.1, 0.15) is 30.1 Å². The van der Waals surface area contributed by atoms with E-state index in [2.05, 4.69) is 32.9 Å². The minimum atomic E-state index is -0.464. The number of carbonyl (C=O) groups is 1. The van der Waals surface area contributed by atoms with Gasteiger partial charge in [-0.25, -0.2) is 0 Å². The molecule has 1 heterocycles. The number of hydrogen-bond donors (Lipinski definition) is 2.